The van der Waals surface area contributed by atoms with Gasteiger partial charge in [-0.25, -0.2) is 10.2 Å². The molecule has 9 nitrogen and oxygen atoms in total. The van der Waals surface area contributed by atoms with E-state index in [2.05, 4.69) is 15.8 Å². The van der Waals surface area contributed by atoms with E-state index in [1.54, 1.807) is 0 Å². The number of carbonyl (C=O) groups is 1. The lowest BCUT2D eigenvalue weighted by Gasteiger charge is -1.99. The van der Waals surface area contributed by atoms with Gasteiger partial charge in [-0.1, -0.05) is 0 Å². The Kier molecular flexibility index (Phi) is 4.63. The monoisotopic (exact) mass is 242 g/mol. The molecule has 3 N–H and O–H groups in total. The SMILES string of the molecule is O=C(NCCO)NN=Cc1ccc([N+](=O)[O-])o1. The van der Waals surface area contributed by atoms with Gasteiger partial charge in [-0.2, -0.15) is 5.10 Å². The van der Waals surface area contributed by atoms with E-state index in [-0.39, 0.29) is 18.9 Å². The minimum Gasteiger partial charge on any atom is -0.400 e. The summed E-state index contributed by atoms with van der Waals surface area (Å²) < 4.78 is 4.75. The summed E-state index contributed by atoms with van der Waals surface area (Å²) in [5.41, 5.74) is 2.08. The fourth-order valence-electron chi connectivity index (χ4n) is 0.873. The maximum atomic E-state index is 10.9. The van der Waals surface area contributed by atoms with E-state index >= 15 is 0 Å². The van der Waals surface area contributed by atoms with Gasteiger partial charge in [-0.05, 0) is 6.07 Å². The van der Waals surface area contributed by atoms with Crippen LogP contribution in [0.25, 0.3) is 0 Å². The Labute approximate surface area is 95.3 Å². The van der Waals surface area contributed by atoms with Crippen molar-refractivity contribution >= 4 is 18.1 Å². The minimum atomic E-state index is -0.682. The largest absolute Gasteiger partial charge is 0.433 e. The number of aliphatic hydroxyl groups is 1. The van der Waals surface area contributed by atoms with Crippen LogP contribution < -0.4 is 10.7 Å². The zero-order valence-electron chi connectivity index (χ0n) is 8.62. The van der Waals surface area contributed by atoms with Gasteiger partial charge in [-0.15, -0.1) is 0 Å². The highest BCUT2D eigenvalue weighted by Crippen LogP contribution is 2.13. The second-order valence-corrected chi connectivity index (χ2v) is 2.78. The topological polar surface area (TPSA) is 130 Å². The van der Waals surface area contributed by atoms with Crippen LogP contribution in [-0.4, -0.2) is 35.4 Å². The summed E-state index contributed by atoms with van der Waals surface area (Å²) in [6.45, 7) is -0.0743. The lowest BCUT2D eigenvalue weighted by atomic mass is 10.5. The van der Waals surface area contributed by atoms with Crippen LogP contribution in [0.2, 0.25) is 0 Å². The molecule has 0 radical (unpaired) electrons. The number of nitrogens with one attached hydrogen (secondary N) is 2. The lowest BCUT2D eigenvalue weighted by molar-refractivity contribution is -0.402. The van der Waals surface area contributed by atoms with E-state index in [1.807, 2.05) is 0 Å². The molecule has 0 saturated carbocycles. The van der Waals surface area contributed by atoms with Gasteiger partial charge >= 0.3 is 11.9 Å². The summed E-state index contributed by atoms with van der Waals surface area (Å²) in [6, 6.07) is 1.92. The molecule has 0 aliphatic carbocycles. The third-order valence-electron chi connectivity index (χ3n) is 1.55. The molecule has 17 heavy (non-hydrogen) atoms. The van der Waals surface area contributed by atoms with Crippen molar-refractivity contribution in [1.82, 2.24) is 10.7 Å². The van der Waals surface area contributed by atoms with Crippen molar-refractivity contribution in [3.8, 4) is 0 Å². The second-order valence-electron chi connectivity index (χ2n) is 2.78. The van der Waals surface area contributed by atoms with Gasteiger partial charge in [0.2, 0.25) is 0 Å². The van der Waals surface area contributed by atoms with Gasteiger partial charge in [0.15, 0.2) is 5.76 Å². The van der Waals surface area contributed by atoms with Crippen LogP contribution in [0.4, 0.5) is 10.7 Å². The molecule has 1 aromatic heterocycles. The number of hydrogen-bond donors (Lipinski definition) is 3. The summed E-state index contributed by atoms with van der Waals surface area (Å²) in [5, 5.41) is 24.5. The van der Waals surface area contributed by atoms with E-state index in [1.165, 1.54) is 12.1 Å². The van der Waals surface area contributed by atoms with Gasteiger partial charge in [0.1, 0.15) is 4.92 Å². The van der Waals surface area contributed by atoms with Crippen LogP contribution >= 0.6 is 0 Å². The lowest BCUT2D eigenvalue weighted by Crippen LogP contribution is -2.34. The van der Waals surface area contributed by atoms with Crippen LogP contribution in [0, 0.1) is 10.1 Å². The average molecular weight is 242 g/mol. The first kappa shape index (κ1) is 12.6. The number of amides is 2. The Bertz CT molecular complexity index is 427. The van der Waals surface area contributed by atoms with E-state index in [9.17, 15) is 14.9 Å². The smallest absolute Gasteiger partial charge is 0.400 e. The molecule has 92 valence electrons. The maximum Gasteiger partial charge on any atom is 0.433 e. The average Bonchev–Trinajstić information content (AvgIpc) is 2.75. The first-order valence-corrected chi connectivity index (χ1v) is 4.55. The highest BCUT2D eigenvalue weighted by molar-refractivity contribution is 5.79. The standard InChI is InChI=1S/C8H10N4O5/c13-4-3-9-8(14)11-10-5-6-1-2-7(17-6)12(15)16/h1-2,5,13H,3-4H2,(H2,9,11,14). The van der Waals surface area contributed by atoms with Gasteiger partial charge < -0.3 is 14.8 Å². The molecule has 0 aromatic carbocycles. The number of hydrazone groups is 1. The molecule has 0 spiro atoms. The van der Waals surface area contributed by atoms with Gasteiger partial charge in [0.25, 0.3) is 0 Å². The van der Waals surface area contributed by atoms with Crippen molar-refractivity contribution < 1.29 is 19.2 Å². The van der Waals surface area contributed by atoms with Crippen LogP contribution in [0.3, 0.4) is 0 Å². The highest BCUT2D eigenvalue weighted by Gasteiger charge is 2.10. The number of hydrogen-bond acceptors (Lipinski definition) is 6. The molecule has 0 atom stereocenters. The predicted molar refractivity (Wildman–Crippen MR) is 56.6 cm³/mol. The number of urea groups is 1. The van der Waals surface area contributed by atoms with Gasteiger partial charge in [-0.3, -0.25) is 10.1 Å². The van der Waals surface area contributed by atoms with Crippen LogP contribution in [0.1, 0.15) is 5.76 Å². The molecule has 1 aromatic rings. The number of furan rings is 1. The fraction of sp³-hybridized carbons (Fsp3) is 0.250. The van der Waals surface area contributed by atoms with E-state index in [4.69, 9.17) is 9.52 Å². The van der Waals surface area contributed by atoms with Crippen molar-refractivity contribution in [3.05, 3.63) is 28.0 Å². The van der Waals surface area contributed by atoms with Crippen molar-refractivity contribution in [2.75, 3.05) is 13.2 Å². The number of aliphatic hydroxyl groups excluding tert-OH is 1. The molecule has 1 rings (SSSR count). The van der Waals surface area contributed by atoms with Crippen molar-refractivity contribution in [3.63, 3.8) is 0 Å². The Hall–Kier alpha value is -2.42. The molecule has 0 aliphatic rings. The molecule has 9 heteroatoms. The summed E-state index contributed by atoms with van der Waals surface area (Å²) in [7, 11) is 0. The molecule has 1 heterocycles. The Morgan fingerprint density at radius 3 is 3.00 bits per heavy atom. The zero-order valence-corrected chi connectivity index (χ0v) is 8.62. The van der Waals surface area contributed by atoms with Crippen molar-refractivity contribution in [2.24, 2.45) is 5.10 Å². The number of nitro groups is 1. The third-order valence-corrected chi connectivity index (χ3v) is 1.55. The highest BCUT2D eigenvalue weighted by atomic mass is 16.6. The molecule has 2 amide bonds. The number of carbonyl (C=O) groups excluding carboxylic acids is 1. The van der Waals surface area contributed by atoms with Gasteiger partial charge in [0, 0.05) is 6.54 Å². The molecule has 0 bridgehead atoms. The Balaban J connectivity index is 2.42. The second kappa shape index (κ2) is 6.23. The molecule has 0 aliphatic heterocycles. The molecule has 0 fully saturated rings. The van der Waals surface area contributed by atoms with Gasteiger partial charge in [0.05, 0.1) is 18.9 Å². The first-order valence-electron chi connectivity index (χ1n) is 4.55. The first-order chi connectivity index (χ1) is 8.13. The number of nitrogens with zero attached hydrogens (tertiary/aromatic N) is 2. The summed E-state index contributed by atoms with van der Waals surface area (Å²) in [4.78, 5) is 20.5. The third kappa shape index (κ3) is 4.30. The van der Waals surface area contributed by atoms with Crippen molar-refractivity contribution in [1.29, 1.82) is 0 Å². The summed E-state index contributed by atoms with van der Waals surface area (Å²) >= 11 is 0. The summed E-state index contributed by atoms with van der Waals surface area (Å²) in [6.07, 6.45) is 1.12. The molecular weight excluding hydrogens is 232 g/mol. The number of rotatable bonds is 5. The van der Waals surface area contributed by atoms with Crippen molar-refractivity contribution in [2.45, 2.75) is 0 Å². The zero-order chi connectivity index (χ0) is 12.7. The minimum absolute atomic E-state index is 0.105. The Morgan fingerprint density at radius 1 is 1.65 bits per heavy atom. The molecule has 0 saturated heterocycles. The van der Waals surface area contributed by atoms with Crippen LogP contribution in [-0.2, 0) is 0 Å². The fourth-order valence-corrected chi connectivity index (χ4v) is 0.873. The molecular formula is C8H10N4O5. The normalized spacial score (nSPS) is 10.4. The van der Waals surface area contributed by atoms with E-state index in [0.717, 1.165) is 6.21 Å². The molecule has 0 unspecified atom stereocenters. The van der Waals surface area contributed by atoms with Crippen LogP contribution in [0.5, 0.6) is 0 Å². The summed E-state index contributed by atoms with van der Waals surface area (Å²) in [5.74, 6) is -0.268. The van der Waals surface area contributed by atoms with E-state index in [0.29, 0.717) is 0 Å². The quantitative estimate of drug-likeness (QED) is 0.374. The Morgan fingerprint density at radius 2 is 2.41 bits per heavy atom. The maximum absolute atomic E-state index is 10.9. The van der Waals surface area contributed by atoms with E-state index < -0.39 is 16.8 Å². The predicted octanol–water partition coefficient (Wildman–Crippen LogP) is -0.187. The van der Waals surface area contributed by atoms with Crippen LogP contribution in [0.15, 0.2) is 21.7 Å².